The number of hydrogen-bond acceptors (Lipinski definition) is 5. The molecule has 2 aromatic rings. The summed E-state index contributed by atoms with van der Waals surface area (Å²) in [4.78, 5) is 12.5. The minimum absolute atomic E-state index is 0.0973. The number of carbonyl (C=O) groups is 1. The lowest BCUT2D eigenvalue weighted by Crippen LogP contribution is -2.24. The Bertz CT molecular complexity index is 817. The van der Waals surface area contributed by atoms with Crippen LogP contribution in [0.1, 0.15) is 15.9 Å². The molecule has 1 amide bonds. The molecule has 0 atom stereocenters. The summed E-state index contributed by atoms with van der Waals surface area (Å²) in [5.74, 6) is 0.690. The van der Waals surface area contributed by atoms with Gasteiger partial charge in [-0.25, -0.2) is 0 Å². The topological polar surface area (TPSA) is 66.0 Å². The maximum absolute atomic E-state index is 12.5. The van der Waals surface area contributed by atoms with Crippen molar-refractivity contribution in [2.45, 2.75) is 13.2 Å². The molecule has 0 spiro atoms. The lowest BCUT2D eigenvalue weighted by molar-refractivity contribution is -0.0512. The van der Waals surface area contributed by atoms with Gasteiger partial charge in [0.2, 0.25) is 0 Å². The van der Waals surface area contributed by atoms with E-state index in [2.05, 4.69) is 10.1 Å². The molecule has 0 saturated carbocycles. The van der Waals surface area contributed by atoms with Crippen molar-refractivity contribution < 1.29 is 32.5 Å². The van der Waals surface area contributed by atoms with Crippen LogP contribution in [0.5, 0.6) is 23.0 Å². The van der Waals surface area contributed by atoms with E-state index >= 15 is 0 Å². The summed E-state index contributed by atoms with van der Waals surface area (Å²) < 4.78 is 45.5. The average molecular weight is 493 g/mol. The number of ether oxygens (including phenoxy) is 4. The van der Waals surface area contributed by atoms with Gasteiger partial charge in [-0.15, -0.1) is 0 Å². The van der Waals surface area contributed by atoms with Gasteiger partial charge in [0.15, 0.2) is 23.0 Å². The Morgan fingerprint density at radius 2 is 1.63 bits per heavy atom. The number of benzene rings is 2. The van der Waals surface area contributed by atoms with E-state index in [1.165, 1.54) is 33.5 Å². The Balaban J connectivity index is 2.16. The van der Waals surface area contributed by atoms with Crippen LogP contribution in [0.2, 0.25) is 0 Å². The second-order valence-electron chi connectivity index (χ2n) is 5.23. The smallest absolute Gasteiger partial charge is 0.387 e. The van der Waals surface area contributed by atoms with E-state index in [1.54, 1.807) is 18.2 Å². The number of methoxy groups -OCH3 is 3. The monoisotopic (exact) mass is 493 g/mol. The molecule has 146 valence electrons. The molecule has 0 saturated heterocycles. The molecule has 0 aliphatic rings. The molecule has 1 N–H and O–H groups in total. The zero-order valence-electron chi connectivity index (χ0n) is 14.8. The van der Waals surface area contributed by atoms with Crippen LogP contribution in [-0.4, -0.2) is 33.8 Å². The second-order valence-corrected chi connectivity index (χ2v) is 6.40. The molecule has 0 fully saturated rings. The lowest BCUT2D eigenvalue weighted by Gasteiger charge is -2.13. The summed E-state index contributed by atoms with van der Waals surface area (Å²) in [6.07, 6.45) is 0. The maximum Gasteiger partial charge on any atom is 0.387 e. The van der Waals surface area contributed by atoms with Crippen molar-refractivity contribution in [3.05, 3.63) is 45.0 Å². The predicted molar refractivity (Wildman–Crippen MR) is 103 cm³/mol. The molecule has 0 unspecified atom stereocenters. The summed E-state index contributed by atoms with van der Waals surface area (Å²) in [6.45, 7) is -2.86. The fraction of sp³-hybridized carbons (Fsp3) is 0.278. The molecule has 0 heterocycles. The van der Waals surface area contributed by atoms with Crippen molar-refractivity contribution >= 4 is 28.5 Å². The molecule has 0 radical (unpaired) electrons. The Hall–Kier alpha value is -2.30. The third-order valence-electron chi connectivity index (χ3n) is 3.62. The summed E-state index contributed by atoms with van der Waals surface area (Å²) in [7, 11) is 4.35. The zero-order chi connectivity index (χ0) is 20.0. The van der Waals surface area contributed by atoms with Crippen molar-refractivity contribution in [2.75, 3.05) is 21.3 Å². The second kappa shape index (κ2) is 9.58. The van der Waals surface area contributed by atoms with Crippen LogP contribution in [0.25, 0.3) is 0 Å². The van der Waals surface area contributed by atoms with Crippen molar-refractivity contribution in [2.24, 2.45) is 0 Å². The number of alkyl halides is 2. The predicted octanol–water partition coefficient (Wildman–Crippen LogP) is 3.85. The van der Waals surface area contributed by atoms with Crippen molar-refractivity contribution in [3.63, 3.8) is 0 Å². The van der Waals surface area contributed by atoms with Crippen LogP contribution in [0.15, 0.2) is 30.3 Å². The van der Waals surface area contributed by atoms with E-state index in [4.69, 9.17) is 14.2 Å². The molecule has 0 aromatic heterocycles. The Kier molecular flexibility index (Phi) is 7.45. The Morgan fingerprint density at radius 1 is 1.00 bits per heavy atom. The normalized spacial score (nSPS) is 10.5. The van der Waals surface area contributed by atoms with Crippen LogP contribution in [-0.2, 0) is 6.54 Å². The first kappa shape index (κ1) is 21.0. The molecule has 27 heavy (non-hydrogen) atoms. The molecule has 9 heteroatoms. The van der Waals surface area contributed by atoms with E-state index in [-0.39, 0.29) is 24.0 Å². The van der Waals surface area contributed by atoms with E-state index < -0.39 is 6.61 Å². The zero-order valence-corrected chi connectivity index (χ0v) is 17.0. The fourth-order valence-electron chi connectivity index (χ4n) is 2.32. The first-order chi connectivity index (χ1) is 12.9. The molecule has 6 nitrogen and oxygen atoms in total. The van der Waals surface area contributed by atoms with Crippen molar-refractivity contribution in [3.8, 4) is 23.0 Å². The molecule has 2 aromatic carbocycles. The quantitative estimate of drug-likeness (QED) is 0.567. The fourth-order valence-corrected chi connectivity index (χ4v) is 3.01. The van der Waals surface area contributed by atoms with Gasteiger partial charge in [0.05, 0.1) is 26.9 Å². The summed E-state index contributed by atoms with van der Waals surface area (Å²) in [6, 6.07) is 7.81. The van der Waals surface area contributed by atoms with Gasteiger partial charge in [-0.3, -0.25) is 4.79 Å². The summed E-state index contributed by atoms with van der Waals surface area (Å²) in [5, 5.41) is 2.74. The number of halogens is 3. The SMILES string of the molecule is COc1cc(I)c(C(=O)NCc2ccc(OC)c(OC(F)F)c2)cc1OC. The first-order valence-electron chi connectivity index (χ1n) is 7.71. The molecule has 2 rings (SSSR count). The van der Waals surface area contributed by atoms with Crippen LogP contribution in [0, 0.1) is 3.57 Å². The number of amides is 1. The molecular formula is C18H18F2INO5. The number of carbonyl (C=O) groups excluding carboxylic acids is 1. The van der Waals surface area contributed by atoms with E-state index in [1.807, 2.05) is 22.6 Å². The lowest BCUT2D eigenvalue weighted by atomic mass is 10.1. The van der Waals surface area contributed by atoms with Gasteiger partial charge in [-0.1, -0.05) is 6.07 Å². The molecular weight excluding hydrogens is 475 g/mol. The minimum Gasteiger partial charge on any atom is -0.493 e. The van der Waals surface area contributed by atoms with Crippen molar-refractivity contribution in [1.82, 2.24) is 5.32 Å². The van der Waals surface area contributed by atoms with Gasteiger partial charge in [0.25, 0.3) is 5.91 Å². The maximum atomic E-state index is 12.5. The molecule has 0 bridgehead atoms. The minimum atomic E-state index is -2.97. The number of nitrogens with one attached hydrogen (secondary N) is 1. The van der Waals surface area contributed by atoms with Gasteiger partial charge in [-0.2, -0.15) is 8.78 Å². The van der Waals surface area contributed by atoms with Crippen LogP contribution in [0.3, 0.4) is 0 Å². The summed E-state index contributed by atoms with van der Waals surface area (Å²) in [5.41, 5.74) is 0.987. The van der Waals surface area contributed by atoms with E-state index in [9.17, 15) is 13.6 Å². The first-order valence-corrected chi connectivity index (χ1v) is 8.79. The third-order valence-corrected chi connectivity index (χ3v) is 4.51. The van der Waals surface area contributed by atoms with Gasteiger partial charge in [0, 0.05) is 10.1 Å². The average Bonchev–Trinajstić information content (AvgIpc) is 2.65. The highest BCUT2D eigenvalue weighted by molar-refractivity contribution is 14.1. The van der Waals surface area contributed by atoms with Crippen molar-refractivity contribution in [1.29, 1.82) is 0 Å². The van der Waals surface area contributed by atoms with Gasteiger partial charge in [-0.05, 0) is 52.4 Å². The third kappa shape index (κ3) is 5.34. The van der Waals surface area contributed by atoms with Gasteiger partial charge >= 0.3 is 6.61 Å². The highest BCUT2D eigenvalue weighted by atomic mass is 127. The number of rotatable bonds is 8. The van der Waals surface area contributed by atoms with Crippen LogP contribution in [0.4, 0.5) is 8.78 Å². The molecule has 0 aliphatic heterocycles. The highest BCUT2D eigenvalue weighted by Crippen LogP contribution is 2.32. The van der Waals surface area contributed by atoms with E-state index in [0.29, 0.717) is 26.2 Å². The largest absolute Gasteiger partial charge is 0.493 e. The van der Waals surface area contributed by atoms with Crippen LogP contribution < -0.4 is 24.3 Å². The Morgan fingerprint density at radius 3 is 2.22 bits per heavy atom. The van der Waals surface area contributed by atoms with Gasteiger partial charge in [0.1, 0.15) is 0 Å². The highest BCUT2D eigenvalue weighted by Gasteiger charge is 2.16. The van der Waals surface area contributed by atoms with Gasteiger partial charge < -0.3 is 24.3 Å². The van der Waals surface area contributed by atoms with E-state index in [0.717, 1.165) is 0 Å². The number of hydrogen-bond donors (Lipinski definition) is 1. The molecule has 0 aliphatic carbocycles. The standard InChI is InChI=1S/C18H18F2INO5/c1-24-13-5-4-10(6-16(13)27-18(19)20)9-22-17(23)11-7-14(25-2)15(26-3)8-12(11)21/h4-8,18H,9H2,1-3H3,(H,22,23). The Labute approximate surface area is 168 Å². The summed E-state index contributed by atoms with van der Waals surface area (Å²) >= 11 is 2.02. The van der Waals surface area contributed by atoms with Crippen LogP contribution >= 0.6 is 22.6 Å².